The zero-order valence-corrected chi connectivity index (χ0v) is 8.95. The minimum atomic E-state index is -0.397. The summed E-state index contributed by atoms with van der Waals surface area (Å²) in [5, 5.41) is 18.2. The molecule has 0 aliphatic carbocycles. The Labute approximate surface area is 87.8 Å². The quantitative estimate of drug-likeness (QED) is 0.770. The second-order valence-corrected chi connectivity index (χ2v) is 4.47. The standard InChI is InChI=1S/C10H12N2OS/c1-7(13)8(2)14-10-6-12-4-3-9(10)5-11/h3-4,6-8,13H,1-2H3. The molecule has 2 unspecified atom stereocenters. The fourth-order valence-corrected chi connectivity index (χ4v) is 1.82. The molecule has 74 valence electrons. The van der Waals surface area contributed by atoms with Crippen LogP contribution in [0.25, 0.3) is 0 Å². The second kappa shape index (κ2) is 4.99. The summed E-state index contributed by atoms with van der Waals surface area (Å²) in [7, 11) is 0. The molecule has 3 nitrogen and oxygen atoms in total. The van der Waals surface area contributed by atoms with Crippen LogP contribution in [0.3, 0.4) is 0 Å². The predicted octanol–water partition coefficient (Wildman–Crippen LogP) is 1.81. The Hall–Kier alpha value is -1.05. The molecule has 0 saturated heterocycles. The van der Waals surface area contributed by atoms with Gasteiger partial charge in [0.1, 0.15) is 6.07 Å². The summed E-state index contributed by atoms with van der Waals surface area (Å²) < 4.78 is 0. The molecule has 1 aromatic rings. The zero-order chi connectivity index (χ0) is 10.6. The minimum Gasteiger partial charge on any atom is -0.392 e. The number of hydrogen-bond acceptors (Lipinski definition) is 4. The maximum Gasteiger partial charge on any atom is 0.100 e. The third kappa shape index (κ3) is 2.72. The largest absolute Gasteiger partial charge is 0.392 e. The van der Waals surface area contributed by atoms with E-state index in [2.05, 4.69) is 11.1 Å². The fraction of sp³-hybridized carbons (Fsp3) is 0.400. The van der Waals surface area contributed by atoms with Crippen LogP contribution in [-0.2, 0) is 0 Å². The van der Waals surface area contributed by atoms with Crippen LogP contribution in [-0.4, -0.2) is 21.4 Å². The van der Waals surface area contributed by atoms with Crippen molar-refractivity contribution in [2.24, 2.45) is 0 Å². The molecule has 1 heterocycles. The summed E-state index contributed by atoms with van der Waals surface area (Å²) in [4.78, 5) is 4.77. The molecule has 1 aromatic heterocycles. The number of pyridine rings is 1. The summed E-state index contributed by atoms with van der Waals surface area (Å²) in [5.74, 6) is 0. The maximum atomic E-state index is 9.32. The summed E-state index contributed by atoms with van der Waals surface area (Å²) in [6, 6.07) is 3.78. The molecule has 0 radical (unpaired) electrons. The third-order valence-electron chi connectivity index (χ3n) is 1.90. The summed E-state index contributed by atoms with van der Waals surface area (Å²) in [6.07, 6.45) is 2.85. The maximum absolute atomic E-state index is 9.32. The van der Waals surface area contributed by atoms with Crippen LogP contribution in [0.1, 0.15) is 19.4 Å². The normalized spacial score (nSPS) is 14.4. The van der Waals surface area contributed by atoms with E-state index in [-0.39, 0.29) is 5.25 Å². The van der Waals surface area contributed by atoms with E-state index >= 15 is 0 Å². The molecule has 1 rings (SSSR count). The highest BCUT2D eigenvalue weighted by molar-refractivity contribution is 8.00. The molecule has 0 fully saturated rings. The van der Waals surface area contributed by atoms with Crippen molar-refractivity contribution in [1.29, 1.82) is 5.26 Å². The highest BCUT2D eigenvalue weighted by Crippen LogP contribution is 2.27. The first-order chi connectivity index (χ1) is 6.65. The van der Waals surface area contributed by atoms with E-state index in [0.717, 1.165) is 4.90 Å². The molecule has 0 saturated carbocycles. The molecule has 0 aliphatic heterocycles. The number of nitriles is 1. The number of thioether (sulfide) groups is 1. The van der Waals surface area contributed by atoms with Crippen molar-refractivity contribution >= 4 is 11.8 Å². The van der Waals surface area contributed by atoms with Crippen molar-refractivity contribution < 1.29 is 5.11 Å². The Balaban J connectivity index is 2.82. The van der Waals surface area contributed by atoms with Gasteiger partial charge in [-0.25, -0.2) is 0 Å². The van der Waals surface area contributed by atoms with Crippen LogP contribution >= 0.6 is 11.8 Å². The SMILES string of the molecule is CC(O)C(C)Sc1cnccc1C#N. The van der Waals surface area contributed by atoms with E-state index in [1.165, 1.54) is 11.8 Å². The summed E-state index contributed by atoms with van der Waals surface area (Å²) in [5.41, 5.74) is 0.609. The third-order valence-corrected chi connectivity index (χ3v) is 3.24. The topological polar surface area (TPSA) is 56.9 Å². The number of aliphatic hydroxyl groups is 1. The van der Waals surface area contributed by atoms with Crippen molar-refractivity contribution in [1.82, 2.24) is 4.98 Å². The van der Waals surface area contributed by atoms with Gasteiger partial charge in [-0.3, -0.25) is 4.98 Å². The van der Waals surface area contributed by atoms with Gasteiger partial charge in [0, 0.05) is 22.5 Å². The second-order valence-electron chi connectivity index (χ2n) is 3.05. The van der Waals surface area contributed by atoms with Gasteiger partial charge < -0.3 is 5.11 Å². The lowest BCUT2D eigenvalue weighted by Crippen LogP contribution is -2.15. The molecule has 0 aromatic carbocycles. The first-order valence-corrected chi connectivity index (χ1v) is 5.22. The van der Waals surface area contributed by atoms with Crippen molar-refractivity contribution in [2.75, 3.05) is 0 Å². The molecule has 0 spiro atoms. The Morgan fingerprint density at radius 3 is 2.86 bits per heavy atom. The van der Waals surface area contributed by atoms with Crippen LogP contribution in [0.2, 0.25) is 0 Å². The zero-order valence-electron chi connectivity index (χ0n) is 8.14. The van der Waals surface area contributed by atoms with Crippen LogP contribution in [0, 0.1) is 11.3 Å². The van der Waals surface area contributed by atoms with Crippen LogP contribution in [0.15, 0.2) is 23.4 Å². The minimum absolute atomic E-state index is 0.0614. The van der Waals surface area contributed by atoms with Gasteiger partial charge in [-0.15, -0.1) is 11.8 Å². The van der Waals surface area contributed by atoms with Crippen LogP contribution in [0.4, 0.5) is 0 Å². The van der Waals surface area contributed by atoms with E-state index in [4.69, 9.17) is 5.26 Å². The van der Waals surface area contributed by atoms with E-state index in [9.17, 15) is 5.11 Å². The van der Waals surface area contributed by atoms with E-state index < -0.39 is 6.10 Å². The number of rotatable bonds is 3. The number of aliphatic hydroxyl groups excluding tert-OH is 1. The van der Waals surface area contributed by atoms with Gasteiger partial charge in [-0.1, -0.05) is 6.92 Å². The Morgan fingerprint density at radius 2 is 2.29 bits per heavy atom. The van der Waals surface area contributed by atoms with Crippen molar-refractivity contribution in [3.63, 3.8) is 0 Å². The Morgan fingerprint density at radius 1 is 1.57 bits per heavy atom. The van der Waals surface area contributed by atoms with Gasteiger partial charge in [-0.05, 0) is 13.0 Å². The molecule has 0 bridgehead atoms. The number of hydrogen-bond donors (Lipinski definition) is 1. The highest BCUT2D eigenvalue weighted by Gasteiger charge is 2.12. The lowest BCUT2D eigenvalue weighted by atomic mass is 10.3. The molecule has 4 heteroatoms. The molecule has 1 N–H and O–H groups in total. The van der Waals surface area contributed by atoms with Gasteiger partial charge >= 0.3 is 0 Å². The predicted molar refractivity (Wildman–Crippen MR) is 56.0 cm³/mol. The number of nitrogens with zero attached hydrogens (tertiary/aromatic N) is 2. The molecule has 0 amide bonds. The van der Waals surface area contributed by atoms with E-state index in [1.807, 2.05) is 6.92 Å². The average molecular weight is 208 g/mol. The molecular weight excluding hydrogens is 196 g/mol. The fourth-order valence-electron chi connectivity index (χ4n) is 0.865. The van der Waals surface area contributed by atoms with Gasteiger partial charge in [0.05, 0.1) is 11.7 Å². The molecular formula is C10H12N2OS. The van der Waals surface area contributed by atoms with Gasteiger partial charge in [0.2, 0.25) is 0 Å². The van der Waals surface area contributed by atoms with Crippen molar-refractivity contribution in [3.8, 4) is 6.07 Å². The molecule has 0 aliphatic rings. The first-order valence-electron chi connectivity index (χ1n) is 4.34. The van der Waals surface area contributed by atoms with Crippen LogP contribution in [0.5, 0.6) is 0 Å². The van der Waals surface area contributed by atoms with E-state index in [1.54, 1.807) is 25.4 Å². The molecule has 2 atom stereocenters. The van der Waals surface area contributed by atoms with Gasteiger partial charge in [-0.2, -0.15) is 5.26 Å². The van der Waals surface area contributed by atoms with Gasteiger partial charge in [0.25, 0.3) is 0 Å². The monoisotopic (exact) mass is 208 g/mol. The summed E-state index contributed by atoms with van der Waals surface area (Å²) >= 11 is 1.47. The van der Waals surface area contributed by atoms with Crippen molar-refractivity contribution in [3.05, 3.63) is 24.0 Å². The molecule has 14 heavy (non-hydrogen) atoms. The first kappa shape index (κ1) is 11.0. The van der Waals surface area contributed by atoms with Gasteiger partial charge in [0.15, 0.2) is 0 Å². The lowest BCUT2D eigenvalue weighted by Gasteiger charge is -2.14. The smallest absolute Gasteiger partial charge is 0.100 e. The van der Waals surface area contributed by atoms with Crippen LogP contribution < -0.4 is 0 Å². The van der Waals surface area contributed by atoms with E-state index in [0.29, 0.717) is 5.56 Å². The average Bonchev–Trinajstić information content (AvgIpc) is 2.18. The van der Waals surface area contributed by atoms with Crippen molar-refractivity contribution in [2.45, 2.75) is 30.1 Å². The Kier molecular flexibility index (Phi) is 3.93. The lowest BCUT2D eigenvalue weighted by molar-refractivity contribution is 0.196. The number of aromatic nitrogens is 1. The Bertz CT molecular complexity index is 346. The summed E-state index contributed by atoms with van der Waals surface area (Å²) in [6.45, 7) is 3.66. The highest BCUT2D eigenvalue weighted by atomic mass is 32.2.